The first-order chi connectivity index (χ1) is 16.5. The zero-order valence-corrected chi connectivity index (χ0v) is 21.1. The maximum atomic E-state index is 13.1. The molecule has 0 unspecified atom stereocenters. The standard InChI is InChI=1S/C24H37N3O8/c1-14(2)8-17(21(30)24(3)6-7-24)25-22(31)15(12-33-4)9-20(29)19(13-34-5)26-23(32)18-10-16(11-28)35-27-18/h10,14-15,17,19,28H,6-9,11-13H2,1-5H3,(H,25,31)(H,26,32)/t15-,17-,19-/m0/s1. The second-order valence-electron chi connectivity index (χ2n) is 9.76. The third-order valence-corrected chi connectivity index (χ3v) is 6.10. The first-order valence-corrected chi connectivity index (χ1v) is 11.8. The van der Waals surface area contributed by atoms with E-state index >= 15 is 0 Å². The van der Waals surface area contributed by atoms with Crippen LogP contribution in [0.1, 0.15) is 62.7 Å². The summed E-state index contributed by atoms with van der Waals surface area (Å²) < 4.78 is 15.1. The second kappa shape index (κ2) is 12.9. The molecule has 196 valence electrons. The molecule has 0 spiro atoms. The number of amides is 2. The average Bonchev–Trinajstić information content (AvgIpc) is 3.37. The van der Waals surface area contributed by atoms with Crippen LogP contribution >= 0.6 is 0 Å². The number of nitrogens with zero attached hydrogens (tertiary/aromatic N) is 1. The maximum absolute atomic E-state index is 13.1. The highest BCUT2D eigenvalue weighted by Gasteiger charge is 2.48. The summed E-state index contributed by atoms with van der Waals surface area (Å²) >= 11 is 0. The van der Waals surface area contributed by atoms with Crippen molar-refractivity contribution in [2.75, 3.05) is 27.4 Å². The summed E-state index contributed by atoms with van der Waals surface area (Å²) in [6.45, 7) is 5.29. The number of aromatic nitrogens is 1. The third-order valence-electron chi connectivity index (χ3n) is 6.10. The maximum Gasteiger partial charge on any atom is 0.274 e. The van der Waals surface area contributed by atoms with Gasteiger partial charge in [0, 0.05) is 32.1 Å². The Hall–Kier alpha value is -2.63. The predicted molar refractivity (Wildman–Crippen MR) is 124 cm³/mol. The monoisotopic (exact) mass is 495 g/mol. The molecule has 0 aromatic carbocycles. The molecule has 0 bridgehead atoms. The molecule has 11 heteroatoms. The lowest BCUT2D eigenvalue weighted by Gasteiger charge is -2.25. The van der Waals surface area contributed by atoms with Crippen molar-refractivity contribution in [2.24, 2.45) is 17.3 Å². The van der Waals surface area contributed by atoms with Gasteiger partial charge in [-0.15, -0.1) is 0 Å². The lowest BCUT2D eigenvalue weighted by Crippen LogP contribution is -2.49. The number of carbonyl (C=O) groups excluding carboxylic acids is 4. The van der Waals surface area contributed by atoms with E-state index in [4.69, 9.17) is 19.1 Å². The Morgan fingerprint density at radius 1 is 1.11 bits per heavy atom. The molecule has 0 aliphatic heterocycles. The van der Waals surface area contributed by atoms with Gasteiger partial charge in [-0.1, -0.05) is 25.9 Å². The van der Waals surface area contributed by atoms with E-state index in [0.717, 1.165) is 12.8 Å². The van der Waals surface area contributed by atoms with Crippen molar-refractivity contribution in [3.05, 3.63) is 17.5 Å². The lowest BCUT2D eigenvalue weighted by atomic mass is 9.90. The van der Waals surface area contributed by atoms with Gasteiger partial charge in [0.15, 0.2) is 23.0 Å². The van der Waals surface area contributed by atoms with Crippen LogP contribution in [0.15, 0.2) is 10.6 Å². The Bertz CT molecular complexity index is 893. The topological polar surface area (TPSA) is 157 Å². The van der Waals surface area contributed by atoms with Gasteiger partial charge in [0.25, 0.3) is 5.91 Å². The smallest absolute Gasteiger partial charge is 0.274 e. The van der Waals surface area contributed by atoms with Crippen LogP contribution in [-0.2, 0) is 30.5 Å². The summed E-state index contributed by atoms with van der Waals surface area (Å²) in [5, 5.41) is 18.0. The first kappa shape index (κ1) is 28.6. The Balaban J connectivity index is 2.08. The number of methoxy groups -OCH3 is 2. The normalized spacial score (nSPS) is 16.9. The van der Waals surface area contributed by atoms with Gasteiger partial charge in [0.2, 0.25) is 5.91 Å². The minimum absolute atomic E-state index is 0.0152. The van der Waals surface area contributed by atoms with Crippen LogP contribution in [0, 0.1) is 17.3 Å². The predicted octanol–water partition coefficient (Wildman–Crippen LogP) is 1.03. The molecule has 3 N–H and O–H groups in total. The van der Waals surface area contributed by atoms with Gasteiger partial charge >= 0.3 is 0 Å². The van der Waals surface area contributed by atoms with Crippen LogP contribution in [0.5, 0.6) is 0 Å². The Kier molecular flexibility index (Phi) is 10.5. The zero-order valence-electron chi connectivity index (χ0n) is 21.1. The van der Waals surface area contributed by atoms with Crippen LogP contribution in [-0.4, -0.2) is 73.2 Å². The summed E-state index contributed by atoms with van der Waals surface area (Å²) in [7, 11) is 2.80. The third kappa shape index (κ3) is 8.22. The van der Waals surface area contributed by atoms with Crippen molar-refractivity contribution >= 4 is 23.4 Å². The molecule has 1 aromatic rings. The fourth-order valence-electron chi connectivity index (χ4n) is 3.77. The summed E-state index contributed by atoms with van der Waals surface area (Å²) in [6, 6.07) is -0.420. The summed E-state index contributed by atoms with van der Waals surface area (Å²) in [6.07, 6.45) is 1.89. The Labute approximate surface area is 205 Å². The summed E-state index contributed by atoms with van der Waals surface area (Å²) in [4.78, 5) is 51.6. The number of carbonyl (C=O) groups is 4. The Morgan fingerprint density at radius 3 is 2.29 bits per heavy atom. The molecule has 3 atom stereocenters. The molecule has 1 saturated carbocycles. The van der Waals surface area contributed by atoms with Crippen molar-refractivity contribution < 1.29 is 38.3 Å². The van der Waals surface area contributed by atoms with Crippen LogP contribution in [0.25, 0.3) is 0 Å². The summed E-state index contributed by atoms with van der Waals surface area (Å²) in [5.74, 6) is -2.12. The van der Waals surface area contributed by atoms with Gasteiger partial charge in [-0.3, -0.25) is 19.2 Å². The molecular formula is C24H37N3O8. The molecule has 1 aliphatic rings. The molecule has 1 aromatic heterocycles. The van der Waals surface area contributed by atoms with Gasteiger partial charge in [-0.2, -0.15) is 0 Å². The van der Waals surface area contributed by atoms with Gasteiger partial charge < -0.3 is 29.7 Å². The van der Waals surface area contributed by atoms with Crippen molar-refractivity contribution in [3.63, 3.8) is 0 Å². The second-order valence-corrected chi connectivity index (χ2v) is 9.76. The number of ether oxygens (including phenoxy) is 2. The number of nitrogens with one attached hydrogen (secondary N) is 2. The largest absolute Gasteiger partial charge is 0.388 e. The highest BCUT2D eigenvalue weighted by Crippen LogP contribution is 2.47. The molecule has 1 aliphatic carbocycles. The molecule has 2 amide bonds. The van der Waals surface area contributed by atoms with Crippen LogP contribution < -0.4 is 10.6 Å². The molecule has 1 heterocycles. The fourth-order valence-corrected chi connectivity index (χ4v) is 3.77. The van der Waals surface area contributed by atoms with E-state index in [1.54, 1.807) is 0 Å². The minimum atomic E-state index is -1.05. The lowest BCUT2D eigenvalue weighted by molar-refractivity contribution is -0.135. The fraction of sp³-hybridized carbons (Fsp3) is 0.708. The van der Waals surface area contributed by atoms with Gasteiger partial charge in [-0.25, -0.2) is 0 Å². The van der Waals surface area contributed by atoms with Gasteiger partial charge in [0.05, 0.1) is 25.2 Å². The van der Waals surface area contributed by atoms with Crippen molar-refractivity contribution in [3.8, 4) is 0 Å². The van der Waals surface area contributed by atoms with Crippen LogP contribution in [0.2, 0.25) is 0 Å². The highest BCUT2D eigenvalue weighted by atomic mass is 16.5. The van der Waals surface area contributed by atoms with E-state index in [-0.39, 0.29) is 42.8 Å². The number of rotatable bonds is 16. The molecular weight excluding hydrogens is 458 g/mol. The van der Waals surface area contributed by atoms with E-state index in [9.17, 15) is 19.2 Å². The van der Waals surface area contributed by atoms with Crippen molar-refractivity contribution in [1.29, 1.82) is 0 Å². The van der Waals surface area contributed by atoms with E-state index in [0.29, 0.717) is 6.42 Å². The number of hydrogen-bond acceptors (Lipinski definition) is 9. The number of hydrogen-bond donors (Lipinski definition) is 3. The average molecular weight is 496 g/mol. The quantitative estimate of drug-likeness (QED) is 0.305. The molecule has 0 radical (unpaired) electrons. The summed E-state index contributed by atoms with van der Waals surface area (Å²) in [5.41, 5.74) is -0.498. The first-order valence-electron chi connectivity index (χ1n) is 11.8. The molecule has 1 fully saturated rings. The SMILES string of the molecule is COC[C@H](CC(=O)[C@H](COC)NC(=O)c1cc(CO)on1)C(=O)N[C@@H](CC(C)C)C(=O)C1(C)CC1. The van der Waals surface area contributed by atoms with E-state index in [1.165, 1.54) is 20.3 Å². The van der Waals surface area contributed by atoms with E-state index in [1.807, 2.05) is 20.8 Å². The number of Topliss-reactive ketones (excluding diaryl/α,β-unsaturated/α-hetero) is 2. The number of aliphatic hydroxyl groups is 1. The van der Waals surface area contributed by atoms with Crippen molar-refractivity contribution in [2.45, 2.75) is 65.1 Å². The van der Waals surface area contributed by atoms with Gasteiger partial charge in [-0.05, 0) is 25.2 Å². The van der Waals surface area contributed by atoms with Crippen molar-refractivity contribution in [1.82, 2.24) is 15.8 Å². The van der Waals surface area contributed by atoms with Gasteiger partial charge in [0.1, 0.15) is 12.6 Å². The molecule has 11 nitrogen and oxygen atoms in total. The zero-order chi connectivity index (χ0) is 26.2. The molecule has 2 rings (SSSR count). The van der Waals surface area contributed by atoms with E-state index < -0.39 is 47.6 Å². The van der Waals surface area contributed by atoms with E-state index in [2.05, 4.69) is 15.8 Å². The minimum Gasteiger partial charge on any atom is -0.388 e. The molecule has 0 saturated heterocycles. The van der Waals surface area contributed by atoms with Crippen LogP contribution in [0.4, 0.5) is 0 Å². The highest BCUT2D eigenvalue weighted by molar-refractivity contribution is 5.98. The number of ketones is 2. The number of aliphatic hydroxyl groups excluding tert-OH is 1. The Morgan fingerprint density at radius 2 is 1.77 bits per heavy atom. The molecule has 35 heavy (non-hydrogen) atoms. The van der Waals surface area contributed by atoms with Crippen LogP contribution in [0.3, 0.4) is 0 Å².